The summed E-state index contributed by atoms with van der Waals surface area (Å²) in [6.07, 6.45) is 2.09. The van der Waals surface area contributed by atoms with Crippen molar-refractivity contribution in [1.29, 1.82) is 0 Å². The van der Waals surface area contributed by atoms with Crippen molar-refractivity contribution in [2.45, 2.75) is 39.8 Å². The molecule has 1 N–H and O–H groups in total. The van der Waals surface area contributed by atoms with E-state index in [2.05, 4.69) is 42.3 Å². The molecule has 1 unspecified atom stereocenters. The summed E-state index contributed by atoms with van der Waals surface area (Å²) in [6, 6.07) is 10.5. The third-order valence-corrected chi connectivity index (χ3v) is 3.38. The Bertz CT molecular complexity index is 608. The lowest BCUT2D eigenvalue weighted by Gasteiger charge is -2.20. The number of rotatable bonds is 5. The van der Waals surface area contributed by atoms with Crippen LogP contribution in [0.2, 0.25) is 0 Å². The summed E-state index contributed by atoms with van der Waals surface area (Å²) >= 11 is 0. The first kappa shape index (κ1) is 15.5. The molecule has 0 aliphatic carbocycles. The number of pyridine rings is 1. The normalized spacial score (nSPS) is 12.5. The zero-order valence-electron chi connectivity index (χ0n) is 13.5. The van der Waals surface area contributed by atoms with E-state index in [0.717, 1.165) is 17.0 Å². The molecule has 0 bridgehead atoms. The van der Waals surface area contributed by atoms with Gasteiger partial charge in [-0.15, -0.1) is 0 Å². The maximum absolute atomic E-state index is 5.79. The molecule has 1 atom stereocenters. The van der Waals surface area contributed by atoms with Crippen LogP contribution in [0.25, 0.3) is 0 Å². The van der Waals surface area contributed by atoms with E-state index >= 15 is 0 Å². The second-order valence-electron chi connectivity index (χ2n) is 5.68. The summed E-state index contributed by atoms with van der Waals surface area (Å²) in [5.74, 6) is 0.896. The van der Waals surface area contributed by atoms with Crippen LogP contribution in [0.5, 0.6) is 5.75 Å². The summed E-state index contributed by atoms with van der Waals surface area (Å²) < 4.78 is 5.79. The Labute approximate surface area is 127 Å². The molecule has 0 amide bonds. The van der Waals surface area contributed by atoms with Crippen molar-refractivity contribution >= 4 is 0 Å². The fourth-order valence-corrected chi connectivity index (χ4v) is 2.53. The van der Waals surface area contributed by atoms with E-state index in [0.29, 0.717) is 0 Å². The second kappa shape index (κ2) is 6.72. The Morgan fingerprint density at radius 2 is 1.90 bits per heavy atom. The van der Waals surface area contributed by atoms with Crippen molar-refractivity contribution in [2.24, 2.45) is 0 Å². The molecule has 1 heterocycles. The van der Waals surface area contributed by atoms with Gasteiger partial charge in [-0.1, -0.05) is 18.2 Å². The number of nitrogens with one attached hydrogen (secondary N) is 1. The maximum Gasteiger partial charge on any atom is 0.120 e. The highest BCUT2D eigenvalue weighted by molar-refractivity contribution is 5.37. The number of ether oxygens (including phenoxy) is 1. The first-order chi connectivity index (χ1) is 10.0. The van der Waals surface area contributed by atoms with Crippen molar-refractivity contribution in [3.63, 3.8) is 0 Å². The van der Waals surface area contributed by atoms with Crippen molar-refractivity contribution < 1.29 is 4.74 Å². The Morgan fingerprint density at radius 1 is 1.14 bits per heavy atom. The molecule has 112 valence electrons. The molecule has 1 aromatic heterocycles. The molecule has 3 heteroatoms. The van der Waals surface area contributed by atoms with Gasteiger partial charge in [0.25, 0.3) is 0 Å². The standard InChI is InChI=1S/C18H24N2O/c1-12(2)21-16-8-6-7-15(10-16)18(19-5)17-14(4)9-13(3)11-20-17/h6-12,18-19H,1-5H3. The molecular formula is C18H24N2O. The Kier molecular flexibility index (Phi) is 4.97. The van der Waals surface area contributed by atoms with Crippen molar-refractivity contribution in [3.05, 3.63) is 58.9 Å². The summed E-state index contributed by atoms with van der Waals surface area (Å²) in [7, 11) is 1.96. The quantitative estimate of drug-likeness (QED) is 0.907. The van der Waals surface area contributed by atoms with Gasteiger partial charge in [0.1, 0.15) is 5.75 Å². The molecule has 0 aliphatic heterocycles. The van der Waals surface area contributed by atoms with Gasteiger partial charge in [-0.05, 0) is 63.6 Å². The highest BCUT2D eigenvalue weighted by Crippen LogP contribution is 2.26. The number of hydrogen-bond acceptors (Lipinski definition) is 3. The SMILES string of the molecule is CNC(c1cccc(OC(C)C)c1)c1ncc(C)cc1C. The third kappa shape index (κ3) is 3.82. The first-order valence-corrected chi connectivity index (χ1v) is 7.38. The molecule has 1 aromatic carbocycles. The predicted molar refractivity (Wildman–Crippen MR) is 86.8 cm³/mol. The number of hydrogen-bond donors (Lipinski definition) is 1. The highest BCUT2D eigenvalue weighted by Gasteiger charge is 2.16. The van der Waals surface area contributed by atoms with Crippen LogP contribution in [0.15, 0.2) is 36.5 Å². The Balaban J connectivity index is 2.37. The monoisotopic (exact) mass is 284 g/mol. The predicted octanol–water partition coefficient (Wildman–Crippen LogP) is 3.79. The van der Waals surface area contributed by atoms with Crippen LogP contribution in [-0.4, -0.2) is 18.1 Å². The second-order valence-corrected chi connectivity index (χ2v) is 5.68. The lowest BCUT2D eigenvalue weighted by Crippen LogP contribution is -2.20. The number of aromatic nitrogens is 1. The fraction of sp³-hybridized carbons (Fsp3) is 0.389. The number of nitrogens with zero attached hydrogens (tertiary/aromatic N) is 1. The van der Waals surface area contributed by atoms with Crippen LogP contribution >= 0.6 is 0 Å². The van der Waals surface area contributed by atoms with Gasteiger partial charge >= 0.3 is 0 Å². The number of benzene rings is 1. The van der Waals surface area contributed by atoms with E-state index in [9.17, 15) is 0 Å². The summed E-state index contributed by atoms with van der Waals surface area (Å²) in [5, 5.41) is 3.36. The molecule has 0 fully saturated rings. The van der Waals surface area contributed by atoms with Crippen LogP contribution < -0.4 is 10.1 Å². The van der Waals surface area contributed by atoms with Gasteiger partial charge in [0.2, 0.25) is 0 Å². The molecule has 0 radical (unpaired) electrons. The molecule has 2 aromatic rings. The first-order valence-electron chi connectivity index (χ1n) is 7.38. The van der Waals surface area contributed by atoms with Gasteiger partial charge in [0, 0.05) is 6.20 Å². The minimum absolute atomic E-state index is 0.0707. The minimum Gasteiger partial charge on any atom is -0.491 e. The smallest absolute Gasteiger partial charge is 0.120 e. The summed E-state index contributed by atoms with van der Waals surface area (Å²) in [6.45, 7) is 8.24. The average Bonchev–Trinajstić information content (AvgIpc) is 2.41. The van der Waals surface area contributed by atoms with Gasteiger partial charge in [-0.3, -0.25) is 4.98 Å². The molecular weight excluding hydrogens is 260 g/mol. The van der Waals surface area contributed by atoms with Crippen LogP contribution in [0.3, 0.4) is 0 Å². The zero-order chi connectivity index (χ0) is 15.4. The van der Waals surface area contributed by atoms with Gasteiger partial charge in [-0.2, -0.15) is 0 Å². The fourth-order valence-electron chi connectivity index (χ4n) is 2.53. The molecule has 0 spiro atoms. The van der Waals surface area contributed by atoms with Crippen LogP contribution in [0.1, 0.15) is 42.3 Å². The molecule has 21 heavy (non-hydrogen) atoms. The van der Waals surface area contributed by atoms with Gasteiger partial charge in [0.15, 0.2) is 0 Å². The van der Waals surface area contributed by atoms with E-state index in [-0.39, 0.29) is 12.1 Å². The zero-order valence-corrected chi connectivity index (χ0v) is 13.5. The molecule has 3 nitrogen and oxygen atoms in total. The van der Waals surface area contributed by atoms with Crippen molar-refractivity contribution in [3.8, 4) is 5.75 Å². The van der Waals surface area contributed by atoms with E-state index in [1.54, 1.807) is 0 Å². The van der Waals surface area contributed by atoms with Crippen LogP contribution in [0.4, 0.5) is 0 Å². The molecule has 2 rings (SSSR count). The molecule has 0 saturated heterocycles. The molecule has 0 aliphatic rings. The molecule has 0 saturated carbocycles. The Morgan fingerprint density at radius 3 is 2.52 bits per heavy atom. The summed E-state index contributed by atoms with van der Waals surface area (Å²) in [4.78, 5) is 4.61. The van der Waals surface area contributed by atoms with Crippen molar-refractivity contribution in [2.75, 3.05) is 7.05 Å². The van der Waals surface area contributed by atoms with E-state index < -0.39 is 0 Å². The maximum atomic E-state index is 5.79. The summed E-state index contributed by atoms with van der Waals surface area (Å²) in [5.41, 5.74) is 4.60. The van der Waals surface area contributed by atoms with Gasteiger partial charge in [-0.25, -0.2) is 0 Å². The van der Waals surface area contributed by atoms with Crippen molar-refractivity contribution in [1.82, 2.24) is 10.3 Å². The number of aryl methyl sites for hydroxylation is 2. The van der Waals surface area contributed by atoms with E-state index in [4.69, 9.17) is 4.74 Å². The Hall–Kier alpha value is -1.87. The largest absolute Gasteiger partial charge is 0.491 e. The minimum atomic E-state index is 0.0707. The average molecular weight is 284 g/mol. The lowest BCUT2D eigenvalue weighted by atomic mass is 9.99. The van der Waals surface area contributed by atoms with Gasteiger partial charge in [0.05, 0.1) is 17.8 Å². The highest BCUT2D eigenvalue weighted by atomic mass is 16.5. The lowest BCUT2D eigenvalue weighted by molar-refractivity contribution is 0.242. The van der Waals surface area contributed by atoms with Crippen LogP contribution in [-0.2, 0) is 0 Å². The van der Waals surface area contributed by atoms with Gasteiger partial charge < -0.3 is 10.1 Å². The topological polar surface area (TPSA) is 34.1 Å². The van der Waals surface area contributed by atoms with Crippen LogP contribution in [0, 0.1) is 13.8 Å². The van der Waals surface area contributed by atoms with E-state index in [1.807, 2.05) is 39.2 Å². The third-order valence-electron chi connectivity index (χ3n) is 3.38. The van der Waals surface area contributed by atoms with E-state index in [1.165, 1.54) is 11.1 Å².